The van der Waals surface area contributed by atoms with E-state index in [0.29, 0.717) is 42.0 Å². The van der Waals surface area contributed by atoms with Gasteiger partial charge in [0.1, 0.15) is 0 Å². The lowest BCUT2D eigenvalue weighted by molar-refractivity contribution is 0.0301. The first-order valence-corrected chi connectivity index (χ1v) is 12.3. The highest BCUT2D eigenvalue weighted by atomic mass is 16.5. The number of fused-ring (bicyclic) bond motifs is 1. The molecule has 3 aromatic rings. The van der Waals surface area contributed by atoms with Gasteiger partial charge >= 0.3 is 6.09 Å². The Morgan fingerprint density at radius 1 is 1.26 bits per heavy atom. The van der Waals surface area contributed by atoms with Crippen LogP contribution in [0.5, 0.6) is 0 Å². The third kappa shape index (κ3) is 5.19. The molecule has 2 amide bonds. The van der Waals surface area contributed by atoms with Gasteiger partial charge in [-0.3, -0.25) is 4.79 Å². The van der Waals surface area contributed by atoms with Gasteiger partial charge in [-0.1, -0.05) is 12.1 Å². The van der Waals surface area contributed by atoms with E-state index in [1.165, 1.54) is 17.1 Å². The van der Waals surface area contributed by atoms with Crippen molar-refractivity contribution in [3.63, 3.8) is 0 Å². The van der Waals surface area contributed by atoms with Gasteiger partial charge in [-0.05, 0) is 37.1 Å². The van der Waals surface area contributed by atoms with E-state index in [2.05, 4.69) is 20.8 Å². The highest BCUT2D eigenvalue weighted by molar-refractivity contribution is 6.10. The van der Waals surface area contributed by atoms with Crippen molar-refractivity contribution in [3.8, 4) is 0 Å². The van der Waals surface area contributed by atoms with Crippen molar-refractivity contribution < 1.29 is 19.1 Å². The predicted molar refractivity (Wildman–Crippen MR) is 142 cm³/mol. The average Bonchev–Trinajstić information content (AvgIpc) is 3.54. The summed E-state index contributed by atoms with van der Waals surface area (Å²) in [5.41, 5.74) is 10.3. The maximum atomic E-state index is 13.3. The number of hydrogen-bond donors (Lipinski definition) is 4. The van der Waals surface area contributed by atoms with Gasteiger partial charge in [-0.15, -0.1) is 5.10 Å². The van der Waals surface area contributed by atoms with E-state index in [1.54, 1.807) is 22.8 Å². The first-order chi connectivity index (χ1) is 18.3. The zero-order valence-electron chi connectivity index (χ0n) is 21.3. The van der Waals surface area contributed by atoms with Crippen molar-refractivity contribution in [3.05, 3.63) is 59.4 Å². The van der Waals surface area contributed by atoms with Crippen LogP contribution in [0.15, 0.2) is 47.8 Å². The smallest absolute Gasteiger partial charge is 0.409 e. The molecule has 0 bridgehead atoms. The van der Waals surface area contributed by atoms with Crippen LogP contribution < -0.4 is 22.2 Å². The minimum absolute atomic E-state index is 0.173. The largest absolute Gasteiger partial charge is 0.453 e. The number of hydrazone groups is 1. The van der Waals surface area contributed by atoms with E-state index < -0.39 is 6.09 Å². The number of pyridine rings is 1. The summed E-state index contributed by atoms with van der Waals surface area (Å²) in [5, 5.41) is 16.2. The number of amides is 2. The van der Waals surface area contributed by atoms with E-state index in [0.717, 1.165) is 24.3 Å². The number of likely N-dealkylation sites (tertiary alicyclic amines) is 1. The van der Waals surface area contributed by atoms with Crippen molar-refractivity contribution in [1.29, 1.82) is 0 Å². The van der Waals surface area contributed by atoms with E-state index in [9.17, 15) is 9.59 Å². The number of nitrogens with two attached hydrogens (primary N) is 2. The molecule has 2 aliphatic rings. The SMILES string of the molecule is COC(=O)N1CC(N(N)/N=C(\N)c2ccc(C)c(NC(=O)c3cnn4ccc(NC5CCOC5)cc34)c2)C1. The number of carbonyl (C=O) groups is 2. The van der Waals surface area contributed by atoms with Crippen LogP contribution in [-0.2, 0) is 9.47 Å². The molecule has 13 heteroatoms. The van der Waals surface area contributed by atoms with Crippen LogP contribution in [0.25, 0.3) is 5.52 Å². The van der Waals surface area contributed by atoms with Gasteiger partial charge in [0.15, 0.2) is 5.84 Å². The summed E-state index contributed by atoms with van der Waals surface area (Å²) in [6, 6.07) is 9.31. The third-order valence-electron chi connectivity index (χ3n) is 6.74. The van der Waals surface area contributed by atoms with Gasteiger partial charge in [-0.2, -0.15) is 5.10 Å². The Bertz CT molecular complexity index is 1380. The monoisotopic (exact) mass is 521 g/mol. The summed E-state index contributed by atoms with van der Waals surface area (Å²) >= 11 is 0. The van der Waals surface area contributed by atoms with Crippen LogP contribution in [0.1, 0.15) is 27.9 Å². The maximum absolute atomic E-state index is 13.3. The van der Waals surface area contributed by atoms with Gasteiger partial charge in [0.05, 0.1) is 43.1 Å². The maximum Gasteiger partial charge on any atom is 0.409 e. The van der Waals surface area contributed by atoms with Crippen molar-refractivity contribution in [1.82, 2.24) is 19.6 Å². The number of methoxy groups -OCH3 is 1. The number of aryl methyl sites for hydroxylation is 1. The number of carbonyl (C=O) groups excluding carboxylic acids is 2. The number of anilines is 2. The molecule has 2 aromatic heterocycles. The fraction of sp³-hybridized carbons (Fsp3) is 0.360. The van der Waals surface area contributed by atoms with Crippen LogP contribution in [0.2, 0.25) is 0 Å². The molecule has 5 rings (SSSR count). The first kappa shape index (κ1) is 25.3. The number of aromatic nitrogens is 2. The summed E-state index contributed by atoms with van der Waals surface area (Å²) in [6.45, 7) is 4.07. The molecule has 38 heavy (non-hydrogen) atoms. The molecule has 0 spiro atoms. The van der Waals surface area contributed by atoms with Crippen molar-refractivity contribution in [2.45, 2.75) is 25.4 Å². The fourth-order valence-corrected chi connectivity index (χ4v) is 4.40. The van der Waals surface area contributed by atoms with Crippen LogP contribution in [0.3, 0.4) is 0 Å². The molecule has 1 unspecified atom stereocenters. The third-order valence-corrected chi connectivity index (χ3v) is 6.74. The number of nitrogens with zero attached hydrogens (tertiary/aromatic N) is 5. The Hall–Kier alpha value is -4.36. The van der Waals surface area contributed by atoms with E-state index in [4.69, 9.17) is 21.1 Å². The minimum Gasteiger partial charge on any atom is -0.453 e. The fourth-order valence-electron chi connectivity index (χ4n) is 4.40. The normalized spacial score (nSPS) is 17.8. The van der Waals surface area contributed by atoms with E-state index in [1.807, 2.05) is 31.3 Å². The quantitative estimate of drug-likeness (QED) is 0.155. The number of nitrogens with one attached hydrogen (secondary N) is 2. The number of hydrazine groups is 1. The van der Waals surface area contributed by atoms with Gasteiger partial charge in [0.25, 0.3) is 5.91 Å². The highest BCUT2D eigenvalue weighted by Crippen LogP contribution is 2.22. The molecule has 6 N–H and O–H groups in total. The minimum atomic E-state index is -0.410. The zero-order valence-corrected chi connectivity index (χ0v) is 21.3. The predicted octanol–water partition coefficient (Wildman–Crippen LogP) is 1.34. The Morgan fingerprint density at radius 3 is 2.82 bits per heavy atom. The lowest BCUT2D eigenvalue weighted by Crippen LogP contribution is -2.61. The molecule has 4 heterocycles. The number of benzene rings is 1. The van der Waals surface area contributed by atoms with Crippen LogP contribution in [-0.4, -0.2) is 83.0 Å². The highest BCUT2D eigenvalue weighted by Gasteiger charge is 2.34. The lowest BCUT2D eigenvalue weighted by atomic mass is 10.1. The average molecular weight is 522 g/mol. The number of ether oxygens (including phenoxy) is 2. The number of rotatable bonds is 7. The lowest BCUT2D eigenvalue weighted by Gasteiger charge is -2.40. The Labute approximate surface area is 219 Å². The van der Waals surface area contributed by atoms with E-state index in [-0.39, 0.29) is 23.8 Å². The van der Waals surface area contributed by atoms with Gasteiger partial charge in [0.2, 0.25) is 0 Å². The second-order valence-corrected chi connectivity index (χ2v) is 9.39. The topological polar surface area (TPSA) is 165 Å². The van der Waals surface area contributed by atoms with Gasteiger partial charge in [-0.25, -0.2) is 20.3 Å². The zero-order chi connectivity index (χ0) is 26.8. The molecule has 1 aromatic carbocycles. The molecule has 200 valence electrons. The van der Waals surface area contributed by atoms with Crippen molar-refractivity contribution in [2.24, 2.45) is 16.7 Å². The molecule has 2 aliphatic heterocycles. The molecular weight excluding hydrogens is 490 g/mol. The molecule has 1 atom stereocenters. The summed E-state index contributed by atoms with van der Waals surface area (Å²) in [5.74, 6) is 5.93. The summed E-state index contributed by atoms with van der Waals surface area (Å²) in [6.07, 6.45) is 3.89. The molecular formula is C25H31N9O4. The second-order valence-electron chi connectivity index (χ2n) is 9.39. The van der Waals surface area contributed by atoms with Crippen LogP contribution in [0.4, 0.5) is 16.2 Å². The first-order valence-electron chi connectivity index (χ1n) is 12.3. The van der Waals surface area contributed by atoms with Crippen LogP contribution in [0, 0.1) is 6.92 Å². The standard InChI is InChI=1S/C25H31N9O4/c1-15-3-4-16(23(26)31-34(27)19-12-32(13-19)25(36)37-2)9-21(15)30-24(35)20-11-28-33-7-5-17(10-22(20)33)29-18-6-8-38-14-18/h3-5,7,9-11,18-19,29H,6,8,12-14,27H2,1-2H3,(H2,26,31)(H,30,35). The Kier molecular flexibility index (Phi) is 7.03. The number of amidine groups is 1. The van der Waals surface area contributed by atoms with Crippen LogP contribution >= 0.6 is 0 Å². The molecule has 0 saturated carbocycles. The number of hydrogen-bond acceptors (Lipinski definition) is 9. The molecule has 13 nitrogen and oxygen atoms in total. The summed E-state index contributed by atoms with van der Waals surface area (Å²) in [4.78, 5) is 26.3. The second kappa shape index (κ2) is 10.6. The molecule has 0 aliphatic carbocycles. The van der Waals surface area contributed by atoms with E-state index >= 15 is 0 Å². The van der Waals surface area contributed by atoms with Gasteiger partial charge < -0.3 is 30.7 Å². The Morgan fingerprint density at radius 2 is 2.08 bits per heavy atom. The summed E-state index contributed by atoms with van der Waals surface area (Å²) < 4.78 is 11.8. The van der Waals surface area contributed by atoms with Crippen molar-refractivity contribution >= 4 is 34.7 Å². The molecule has 2 saturated heterocycles. The summed E-state index contributed by atoms with van der Waals surface area (Å²) in [7, 11) is 1.33. The van der Waals surface area contributed by atoms with Crippen molar-refractivity contribution in [2.75, 3.05) is 44.0 Å². The Balaban J connectivity index is 1.29. The molecule has 2 fully saturated rings. The van der Waals surface area contributed by atoms with Gasteiger partial charge in [0, 0.05) is 42.8 Å². The molecule has 0 radical (unpaired) electrons.